The highest BCUT2D eigenvalue weighted by Gasteiger charge is 2.62. The summed E-state index contributed by atoms with van der Waals surface area (Å²) in [6.45, 7) is 9.69. The number of nitrogens with zero attached hydrogens (tertiary/aromatic N) is 4. The summed E-state index contributed by atoms with van der Waals surface area (Å²) in [5.74, 6) is -1.07. The number of rotatable bonds is 11. The Morgan fingerprint density at radius 3 is 2.43 bits per heavy atom. The van der Waals surface area contributed by atoms with Crippen LogP contribution >= 0.6 is 11.3 Å². The summed E-state index contributed by atoms with van der Waals surface area (Å²) in [5.41, 5.74) is -1.82. The summed E-state index contributed by atoms with van der Waals surface area (Å²) < 4.78 is 58.4. The highest BCUT2D eigenvalue weighted by Crippen LogP contribution is 2.55. The van der Waals surface area contributed by atoms with Gasteiger partial charge in [-0.1, -0.05) is 13.8 Å². The summed E-state index contributed by atoms with van der Waals surface area (Å²) in [6, 6.07) is -0.969. The Morgan fingerprint density at radius 1 is 1.10 bits per heavy atom. The number of alkyl halides is 3. The van der Waals surface area contributed by atoms with E-state index in [1.807, 2.05) is 6.92 Å². The lowest BCUT2D eigenvalue weighted by atomic mass is 9.70. The molecule has 1 aromatic rings. The lowest BCUT2D eigenvalue weighted by Gasteiger charge is -2.51. The van der Waals surface area contributed by atoms with Crippen molar-refractivity contribution in [2.75, 3.05) is 71.1 Å². The van der Waals surface area contributed by atoms with Gasteiger partial charge in [0.1, 0.15) is 6.04 Å². The smallest absolute Gasteiger partial charge is 0.384 e. The van der Waals surface area contributed by atoms with Gasteiger partial charge in [-0.05, 0) is 63.2 Å². The normalized spacial score (nSPS) is 32.1. The van der Waals surface area contributed by atoms with Crippen molar-refractivity contribution in [1.29, 1.82) is 0 Å². The van der Waals surface area contributed by atoms with Crippen LogP contribution in [0.15, 0.2) is 5.38 Å². The number of ether oxygens (including phenoxy) is 3. The number of amides is 3. The van der Waals surface area contributed by atoms with Gasteiger partial charge < -0.3 is 34.2 Å². The predicted molar refractivity (Wildman–Crippen MR) is 183 cm³/mol. The van der Waals surface area contributed by atoms with Gasteiger partial charge in [0.05, 0.1) is 37.9 Å². The average molecular weight is 740 g/mol. The predicted octanol–water partition coefficient (Wildman–Crippen LogP) is 4.21. The van der Waals surface area contributed by atoms with Crippen LogP contribution in [0.3, 0.4) is 0 Å². The second kappa shape index (κ2) is 13.7. The molecule has 0 aromatic carbocycles. The van der Waals surface area contributed by atoms with E-state index in [1.165, 1.54) is 0 Å². The number of likely N-dealkylation sites (tertiary alicyclic amines) is 2. The molecule has 1 N–H and O–H groups in total. The van der Waals surface area contributed by atoms with Crippen molar-refractivity contribution in [3.05, 3.63) is 11.1 Å². The molecule has 3 amide bonds. The lowest BCUT2D eigenvalue weighted by Crippen LogP contribution is -2.65. The molecule has 5 atom stereocenters. The van der Waals surface area contributed by atoms with E-state index in [1.54, 1.807) is 21.8 Å². The number of fused-ring (bicyclic) bond motifs is 3. The molecule has 6 heterocycles. The molecule has 15 heteroatoms. The second-order valence-electron chi connectivity index (χ2n) is 17.0. The van der Waals surface area contributed by atoms with E-state index >= 15 is 0 Å². The van der Waals surface area contributed by atoms with Crippen molar-refractivity contribution in [1.82, 2.24) is 20.1 Å². The number of anilines is 1. The Balaban J connectivity index is 1.11. The summed E-state index contributed by atoms with van der Waals surface area (Å²) in [4.78, 5) is 51.4. The Kier molecular flexibility index (Phi) is 9.92. The van der Waals surface area contributed by atoms with Gasteiger partial charge in [0.25, 0.3) is 0 Å². The van der Waals surface area contributed by atoms with E-state index in [4.69, 9.17) is 14.2 Å². The number of piperidine rings is 1. The largest absolute Gasteiger partial charge is 0.434 e. The van der Waals surface area contributed by atoms with Crippen molar-refractivity contribution >= 4 is 34.2 Å². The third-order valence-electron chi connectivity index (χ3n) is 12.7. The van der Waals surface area contributed by atoms with Crippen LogP contribution in [-0.4, -0.2) is 117 Å². The molecule has 7 fully saturated rings. The maximum Gasteiger partial charge on any atom is 0.434 e. The molecule has 2 aliphatic carbocycles. The van der Waals surface area contributed by atoms with Gasteiger partial charge in [-0.3, -0.25) is 14.4 Å². The number of nitrogens with one attached hydrogen (secondary N) is 1. The van der Waals surface area contributed by atoms with E-state index in [0.29, 0.717) is 52.1 Å². The van der Waals surface area contributed by atoms with Crippen LogP contribution in [0.5, 0.6) is 0 Å². The fourth-order valence-corrected chi connectivity index (χ4v) is 10.0. The van der Waals surface area contributed by atoms with Crippen LogP contribution in [0.4, 0.5) is 18.3 Å². The second-order valence-corrected chi connectivity index (χ2v) is 17.8. The first-order valence-electron chi connectivity index (χ1n) is 18.5. The van der Waals surface area contributed by atoms with Crippen LogP contribution in [0, 0.1) is 34.0 Å². The fraction of sp³-hybridized carbons (Fsp3) is 0.833. The monoisotopic (exact) mass is 739 g/mol. The molecular weight excluding hydrogens is 687 g/mol. The zero-order valence-electron chi connectivity index (χ0n) is 30.1. The number of thiazole rings is 1. The first-order valence-corrected chi connectivity index (χ1v) is 19.4. The molecule has 5 saturated heterocycles. The molecule has 1 spiro atoms. The molecule has 2 saturated carbocycles. The van der Waals surface area contributed by atoms with E-state index in [9.17, 15) is 27.6 Å². The number of carbonyl (C=O) groups is 3. The standard InChI is InChI=1S/C36H52F3N5O6S/c1-22(49-20-34-9-7-24(8-10-34)50-21-34)28(31(47)42-11-5-6-23(13-42)15-48-4)41-29(45)26-14-43(32-40-27(16-51-32)36(37,38)39)17-35(26)18-44(19-35)30(46)25-12-33(25,2)3/h16,22-26,28H,5-15,17-21H2,1-4H3,(H,41,45)/t22-,23+,24?,25-,26-,28+,34?/m1/s1. The van der Waals surface area contributed by atoms with Gasteiger partial charge >= 0.3 is 6.18 Å². The summed E-state index contributed by atoms with van der Waals surface area (Å²) in [6.07, 6.45) is 1.66. The Morgan fingerprint density at radius 2 is 1.82 bits per heavy atom. The maximum atomic E-state index is 14.5. The van der Waals surface area contributed by atoms with Crippen LogP contribution < -0.4 is 10.2 Å². The minimum absolute atomic E-state index is 0.0581. The van der Waals surface area contributed by atoms with E-state index < -0.39 is 35.3 Å². The van der Waals surface area contributed by atoms with Gasteiger partial charge in [0.15, 0.2) is 10.8 Å². The molecule has 1 aromatic heterocycles. The SMILES string of the molecule is COC[C@H]1CCCN(C(=O)[C@@H](NC(=O)[C@H]2CN(c3nc(C(F)(F)F)cs3)CC23CN(C(=O)[C@H]2CC2(C)C)C3)[C@@H](C)OCC23CCC(CC2)OC3)C1. The van der Waals surface area contributed by atoms with Crippen molar-refractivity contribution in [3.8, 4) is 0 Å². The molecule has 11 nitrogen and oxygen atoms in total. The number of carbonyl (C=O) groups excluding carboxylic acids is 3. The molecule has 51 heavy (non-hydrogen) atoms. The van der Waals surface area contributed by atoms with Crippen molar-refractivity contribution < 1.29 is 41.8 Å². The minimum Gasteiger partial charge on any atom is -0.384 e. The molecule has 7 aliphatic rings. The van der Waals surface area contributed by atoms with Crippen LogP contribution in [-0.2, 0) is 34.8 Å². The van der Waals surface area contributed by atoms with Crippen LogP contribution in [0.25, 0.3) is 0 Å². The summed E-state index contributed by atoms with van der Waals surface area (Å²) in [7, 11) is 1.65. The highest BCUT2D eigenvalue weighted by atomic mass is 32.1. The first-order chi connectivity index (χ1) is 24.1. The van der Waals surface area contributed by atoms with Crippen molar-refractivity contribution in [3.63, 3.8) is 0 Å². The minimum atomic E-state index is -4.58. The quantitative estimate of drug-likeness (QED) is 0.360. The van der Waals surface area contributed by atoms with Gasteiger partial charge in [-0.25, -0.2) is 4.98 Å². The first kappa shape index (κ1) is 36.9. The van der Waals surface area contributed by atoms with Gasteiger partial charge in [0.2, 0.25) is 17.7 Å². The maximum absolute atomic E-state index is 14.5. The molecular formula is C36H52F3N5O6S. The molecule has 284 valence electrons. The van der Waals surface area contributed by atoms with Gasteiger partial charge in [0, 0.05) is 68.5 Å². The fourth-order valence-electron chi connectivity index (χ4n) is 9.18. The topological polar surface area (TPSA) is 114 Å². The Bertz CT molecular complexity index is 1460. The number of halogens is 3. The van der Waals surface area contributed by atoms with Crippen LogP contribution in [0.1, 0.15) is 71.4 Å². The molecule has 8 rings (SSSR count). The summed E-state index contributed by atoms with van der Waals surface area (Å²) in [5, 5.41) is 4.29. The number of hydrogen-bond acceptors (Lipinski definition) is 9. The Labute approximate surface area is 301 Å². The van der Waals surface area contributed by atoms with Gasteiger partial charge in [-0.2, -0.15) is 13.2 Å². The summed E-state index contributed by atoms with van der Waals surface area (Å²) >= 11 is 0.897. The lowest BCUT2D eigenvalue weighted by molar-refractivity contribution is -0.160. The average Bonchev–Trinajstić information content (AvgIpc) is 3.42. The molecule has 0 unspecified atom stereocenters. The number of aromatic nitrogens is 1. The van der Waals surface area contributed by atoms with Crippen molar-refractivity contribution in [2.45, 2.75) is 90.1 Å². The third kappa shape index (κ3) is 7.37. The van der Waals surface area contributed by atoms with Crippen LogP contribution in [0.2, 0.25) is 0 Å². The zero-order valence-corrected chi connectivity index (χ0v) is 31.0. The Hall–Kier alpha value is -2.49. The molecule has 2 bridgehead atoms. The highest BCUT2D eigenvalue weighted by molar-refractivity contribution is 7.13. The van der Waals surface area contributed by atoms with E-state index in [2.05, 4.69) is 24.1 Å². The number of methoxy groups -OCH3 is 1. The van der Waals surface area contributed by atoms with Crippen molar-refractivity contribution in [2.24, 2.45) is 34.0 Å². The van der Waals surface area contributed by atoms with E-state index in [0.717, 1.165) is 61.7 Å². The number of hydrogen-bond donors (Lipinski definition) is 1. The van der Waals surface area contributed by atoms with E-state index in [-0.39, 0.29) is 58.6 Å². The third-order valence-corrected chi connectivity index (χ3v) is 13.6. The van der Waals surface area contributed by atoms with Gasteiger partial charge in [-0.15, -0.1) is 11.3 Å². The molecule has 5 aliphatic heterocycles. The zero-order chi connectivity index (χ0) is 36.3. The molecule has 0 radical (unpaired) electrons.